The molecule has 6 rings (SSSR count). The largest absolute Gasteiger partial charge is 0.454 e. The molecule has 2 aromatic carbocycles. The molecule has 35 heavy (non-hydrogen) atoms. The number of thiazole rings is 1. The first kappa shape index (κ1) is 22.3. The Labute approximate surface area is 211 Å². The topological polar surface area (TPSA) is 81.5 Å². The smallest absolute Gasteiger partial charge is 0.350 e. The van der Waals surface area contributed by atoms with E-state index in [2.05, 4.69) is 32.3 Å². The molecule has 180 valence electrons. The molecule has 0 bridgehead atoms. The normalized spacial score (nSPS) is 16.1. The molecule has 8 nitrogen and oxygen atoms in total. The number of nitrogens with zero attached hydrogens (tertiary/aromatic N) is 4. The maximum Gasteiger partial charge on any atom is 0.350 e. The van der Waals surface area contributed by atoms with Gasteiger partial charge < -0.3 is 14.8 Å². The van der Waals surface area contributed by atoms with Crippen LogP contribution in [0.2, 0.25) is 5.02 Å². The van der Waals surface area contributed by atoms with Crippen LogP contribution in [-0.4, -0.2) is 45.4 Å². The number of benzene rings is 2. The highest BCUT2D eigenvalue weighted by Crippen LogP contribution is 2.33. The van der Waals surface area contributed by atoms with E-state index in [1.165, 1.54) is 16.9 Å². The van der Waals surface area contributed by atoms with E-state index in [1.54, 1.807) is 16.3 Å². The highest BCUT2D eigenvalue weighted by Gasteiger charge is 2.22. The summed E-state index contributed by atoms with van der Waals surface area (Å²) in [5, 5.41) is 5.01. The van der Waals surface area contributed by atoms with Gasteiger partial charge in [0.25, 0.3) is 0 Å². The average molecular weight is 510 g/mol. The molecular weight excluding hydrogens is 486 g/mol. The van der Waals surface area contributed by atoms with Gasteiger partial charge in [-0.25, -0.2) is 4.79 Å². The summed E-state index contributed by atoms with van der Waals surface area (Å²) in [7, 11) is 0. The molecule has 0 atom stereocenters. The third-order valence-electron chi connectivity index (χ3n) is 6.51. The molecule has 4 aromatic rings. The van der Waals surface area contributed by atoms with Gasteiger partial charge in [-0.3, -0.25) is 14.5 Å². The summed E-state index contributed by atoms with van der Waals surface area (Å²) >= 11 is 7.84. The average Bonchev–Trinajstić information content (AvgIpc) is 3.54. The van der Waals surface area contributed by atoms with Gasteiger partial charge in [-0.05, 0) is 48.7 Å². The highest BCUT2D eigenvalue weighted by atomic mass is 35.5. The third-order valence-corrected chi connectivity index (χ3v) is 7.51. The Morgan fingerprint density at radius 1 is 1.09 bits per heavy atom. The Morgan fingerprint density at radius 3 is 2.77 bits per heavy atom. The van der Waals surface area contributed by atoms with Crippen molar-refractivity contribution in [2.45, 2.75) is 32.0 Å². The number of anilines is 1. The molecule has 4 heterocycles. The lowest BCUT2D eigenvalue weighted by Gasteiger charge is -2.32. The van der Waals surface area contributed by atoms with Crippen molar-refractivity contribution >= 4 is 39.7 Å². The summed E-state index contributed by atoms with van der Waals surface area (Å²) in [6.07, 6.45) is 3.69. The maximum absolute atomic E-state index is 13.0. The van der Waals surface area contributed by atoms with Gasteiger partial charge in [-0.15, -0.1) is 11.3 Å². The van der Waals surface area contributed by atoms with Crippen LogP contribution in [0, 0.1) is 0 Å². The van der Waals surface area contributed by atoms with Crippen LogP contribution < -0.4 is 20.5 Å². The van der Waals surface area contributed by atoms with E-state index < -0.39 is 0 Å². The molecule has 0 aliphatic carbocycles. The van der Waals surface area contributed by atoms with Crippen LogP contribution in [0.1, 0.15) is 23.3 Å². The minimum atomic E-state index is -0.282. The summed E-state index contributed by atoms with van der Waals surface area (Å²) in [5.41, 5.74) is 3.51. The van der Waals surface area contributed by atoms with E-state index in [4.69, 9.17) is 21.1 Å². The highest BCUT2D eigenvalue weighted by molar-refractivity contribution is 7.09. The second-order valence-corrected chi connectivity index (χ2v) is 10.2. The number of likely N-dealkylation sites (tertiary alicyclic amines) is 1. The van der Waals surface area contributed by atoms with Crippen molar-refractivity contribution in [2.75, 3.05) is 25.2 Å². The number of nitrogens with one attached hydrogen (secondary N) is 1. The van der Waals surface area contributed by atoms with Crippen molar-refractivity contribution in [2.24, 2.45) is 0 Å². The van der Waals surface area contributed by atoms with E-state index in [-0.39, 0.29) is 11.7 Å². The molecule has 0 saturated carbocycles. The minimum absolute atomic E-state index is 0.231. The van der Waals surface area contributed by atoms with Crippen LogP contribution >= 0.6 is 22.9 Å². The summed E-state index contributed by atoms with van der Waals surface area (Å²) in [4.78, 5) is 25.0. The number of ether oxygens (including phenoxy) is 2. The Hall–Kier alpha value is -3.14. The standard InChI is InChI=1S/C25H24ClN5O3S/c26-17-2-3-21-20(10-17)24(29-25(32)31(21)13-19-11-27-14-35-19)28-18-5-7-30(8-6-18)12-16-1-4-22-23(9-16)34-15-33-22/h1-4,9-11,14,18H,5-8,12-13,15H2,(H,28,29,32). The molecule has 1 N–H and O–H groups in total. The second kappa shape index (κ2) is 9.49. The Bertz CT molecular complexity index is 1420. The van der Waals surface area contributed by atoms with E-state index in [9.17, 15) is 4.79 Å². The summed E-state index contributed by atoms with van der Waals surface area (Å²) in [6.45, 7) is 3.50. The van der Waals surface area contributed by atoms with Gasteiger partial charge in [-0.2, -0.15) is 4.98 Å². The zero-order valence-corrected chi connectivity index (χ0v) is 20.5. The molecule has 1 fully saturated rings. The summed E-state index contributed by atoms with van der Waals surface area (Å²) < 4.78 is 12.6. The quantitative estimate of drug-likeness (QED) is 0.413. The van der Waals surface area contributed by atoms with Crippen LogP contribution in [0.15, 0.2) is 52.9 Å². The van der Waals surface area contributed by atoms with Crippen LogP contribution in [0.5, 0.6) is 11.5 Å². The number of piperidine rings is 1. The molecule has 2 aliphatic heterocycles. The van der Waals surface area contributed by atoms with Crippen molar-refractivity contribution in [3.63, 3.8) is 0 Å². The molecule has 0 amide bonds. The van der Waals surface area contributed by atoms with Gasteiger partial charge in [0.05, 0.1) is 17.6 Å². The first-order chi connectivity index (χ1) is 17.1. The van der Waals surface area contributed by atoms with Crippen molar-refractivity contribution in [3.8, 4) is 11.5 Å². The number of hydrogen-bond acceptors (Lipinski definition) is 8. The van der Waals surface area contributed by atoms with Crippen molar-refractivity contribution in [1.29, 1.82) is 0 Å². The number of hydrogen-bond donors (Lipinski definition) is 1. The fourth-order valence-corrected chi connectivity index (χ4v) is 5.47. The lowest BCUT2D eigenvalue weighted by Crippen LogP contribution is -2.39. The van der Waals surface area contributed by atoms with Crippen molar-refractivity contribution in [3.05, 3.63) is 74.1 Å². The number of halogens is 1. The predicted molar refractivity (Wildman–Crippen MR) is 137 cm³/mol. The lowest BCUT2D eigenvalue weighted by atomic mass is 10.0. The summed E-state index contributed by atoms with van der Waals surface area (Å²) in [6, 6.07) is 11.9. The molecule has 0 unspecified atom stereocenters. The SMILES string of the molecule is O=c1nc(NC2CCN(Cc3ccc4c(c3)OCO4)CC2)c2cc(Cl)ccc2n1Cc1cncs1. The maximum atomic E-state index is 13.0. The van der Waals surface area contributed by atoms with Crippen LogP contribution in [0.25, 0.3) is 10.9 Å². The number of fused-ring (bicyclic) bond motifs is 2. The van der Waals surface area contributed by atoms with Crippen LogP contribution in [-0.2, 0) is 13.1 Å². The molecule has 1 saturated heterocycles. The first-order valence-corrected chi connectivity index (χ1v) is 12.8. The zero-order chi connectivity index (χ0) is 23.8. The fourth-order valence-electron chi connectivity index (χ4n) is 4.72. The van der Waals surface area contributed by atoms with Gasteiger partial charge in [-0.1, -0.05) is 17.7 Å². The Morgan fingerprint density at radius 2 is 1.94 bits per heavy atom. The third kappa shape index (κ3) is 4.71. The molecule has 2 aromatic heterocycles. The molecule has 10 heteroatoms. The summed E-state index contributed by atoms with van der Waals surface area (Å²) in [5.74, 6) is 2.23. The van der Waals surface area contributed by atoms with E-state index >= 15 is 0 Å². The lowest BCUT2D eigenvalue weighted by molar-refractivity contribution is 0.173. The van der Waals surface area contributed by atoms with Gasteiger partial charge >= 0.3 is 5.69 Å². The Balaban J connectivity index is 1.17. The molecule has 0 spiro atoms. The van der Waals surface area contributed by atoms with Gasteiger partial charge in [0.1, 0.15) is 5.82 Å². The van der Waals surface area contributed by atoms with Crippen LogP contribution in [0.4, 0.5) is 5.82 Å². The van der Waals surface area contributed by atoms with Crippen molar-refractivity contribution in [1.82, 2.24) is 19.4 Å². The van der Waals surface area contributed by atoms with Gasteiger partial charge in [0.2, 0.25) is 6.79 Å². The molecule has 2 aliphatic rings. The zero-order valence-electron chi connectivity index (χ0n) is 18.9. The first-order valence-electron chi connectivity index (χ1n) is 11.6. The molecular formula is C25H24ClN5O3S. The second-order valence-electron chi connectivity index (χ2n) is 8.84. The fraction of sp³-hybridized carbons (Fsp3) is 0.320. The van der Waals surface area contributed by atoms with E-state index in [0.29, 0.717) is 24.2 Å². The van der Waals surface area contributed by atoms with Gasteiger partial charge in [0, 0.05) is 47.2 Å². The minimum Gasteiger partial charge on any atom is -0.454 e. The molecule has 0 radical (unpaired) electrons. The monoisotopic (exact) mass is 509 g/mol. The number of rotatable bonds is 6. The Kier molecular flexibility index (Phi) is 6.05. The van der Waals surface area contributed by atoms with Crippen LogP contribution in [0.3, 0.4) is 0 Å². The van der Waals surface area contributed by atoms with E-state index in [1.807, 2.05) is 24.3 Å². The number of aromatic nitrogens is 3. The van der Waals surface area contributed by atoms with Crippen molar-refractivity contribution < 1.29 is 9.47 Å². The van der Waals surface area contributed by atoms with E-state index in [0.717, 1.165) is 59.8 Å². The van der Waals surface area contributed by atoms with Gasteiger partial charge in [0.15, 0.2) is 11.5 Å². The predicted octanol–water partition coefficient (Wildman–Crippen LogP) is 4.36.